The normalized spacial score (nSPS) is 13.0. The minimum Gasteiger partial charge on any atom is -0.468 e. The number of nitrogens with zero attached hydrogens (tertiary/aromatic N) is 1. The van der Waals surface area contributed by atoms with Gasteiger partial charge >= 0.3 is 5.97 Å². The summed E-state index contributed by atoms with van der Waals surface area (Å²) in [5.41, 5.74) is 5.26. The van der Waals surface area contributed by atoms with Crippen molar-refractivity contribution in [1.82, 2.24) is 9.72 Å². The molecule has 2 heterocycles. The Balaban J connectivity index is 1.45. The first-order chi connectivity index (χ1) is 15.1. The maximum atomic E-state index is 12.6. The first-order valence-electron chi connectivity index (χ1n) is 10.4. The maximum Gasteiger partial charge on any atom is 0.325 e. The van der Waals surface area contributed by atoms with Crippen molar-refractivity contribution in [1.29, 1.82) is 0 Å². The maximum absolute atomic E-state index is 12.6. The largest absolute Gasteiger partial charge is 0.468 e. The zero-order valence-electron chi connectivity index (χ0n) is 17.4. The molecule has 0 fully saturated rings. The highest BCUT2D eigenvalue weighted by atomic mass is 16.5. The topological polar surface area (TPSA) is 88.9 Å². The van der Waals surface area contributed by atoms with Gasteiger partial charge in [-0.1, -0.05) is 12.1 Å². The molecule has 4 rings (SSSR count). The first kappa shape index (κ1) is 20.7. The van der Waals surface area contributed by atoms with E-state index in [4.69, 9.17) is 0 Å². The van der Waals surface area contributed by atoms with Gasteiger partial charge in [-0.2, -0.15) is 0 Å². The summed E-state index contributed by atoms with van der Waals surface area (Å²) in [5.74, 6) is -0.374. The summed E-state index contributed by atoms with van der Waals surface area (Å²) in [6, 6.07) is 12.9. The number of hydrogen-bond donors (Lipinski definition) is 2. The smallest absolute Gasteiger partial charge is 0.325 e. The number of pyridine rings is 1. The van der Waals surface area contributed by atoms with Gasteiger partial charge < -0.3 is 19.8 Å². The molecule has 0 atom stereocenters. The van der Waals surface area contributed by atoms with Gasteiger partial charge in [0.25, 0.3) is 5.91 Å². The number of hydrogen-bond acceptors (Lipinski definition) is 5. The first-order valence-corrected chi connectivity index (χ1v) is 10.4. The lowest BCUT2D eigenvalue weighted by Crippen LogP contribution is -2.26. The van der Waals surface area contributed by atoms with Gasteiger partial charge in [-0.3, -0.25) is 14.4 Å². The number of rotatable bonds is 7. The van der Waals surface area contributed by atoms with Crippen LogP contribution in [-0.4, -0.2) is 42.3 Å². The minimum absolute atomic E-state index is 0.0349. The SMILES string of the molecule is COC(=O)CNc1cccc(C(=O)NCCc2c3c(n4ccccc24)C(=O)CCC3)c1. The van der Waals surface area contributed by atoms with Gasteiger partial charge in [-0.15, -0.1) is 0 Å². The molecule has 1 aliphatic rings. The molecule has 0 saturated heterocycles. The fourth-order valence-corrected chi connectivity index (χ4v) is 4.14. The summed E-state index contributed by atoms with van der Waals surface area (Å²) in [7, 11) is 1.33. The Morgan fingerprint density at radius 2 is 2.00 bits per heavy atom. The van der Waals surface area contributed by atoms with Gasteiger partial charge in [0.1, 0.15) is 6.54 Å². The fraction of sp³-hybridized carbons (Fsp3) is 0.292. The van der Waals surface area contributed by atoms with E-state index in [9.17, 15) is 14.4 Å². The monoisotopic (exact) mass is 419 g/mol. The molecule has 7 heteroatoms. The van der Waals surface area contributed by atoms with Crippen LogP contribution < -0.4 is 10.6 Å². The molecule has 2 N–H and O–H groups in total. The molecule has 1 amide bonds. The zero-order chi connectivity index (χ0) is 21.8. The quantitative estimate of drug-likeness (QED) is 0.575. The average Bonchev–Trinajstić information content (AvgIpc) is 3.12. The second kappa shape index (κ2) is 9.04. The molecule has 0 spiro atoms. The number of fused-ring (bicyclic) bond motifs is 3. The van der Waals surface area contributed by atoms with Gasteiger partial charge in [0.15, 0.2) is 5.78 Å². The third-order valence-corrected chi connectivity index (χ3v) is 5.60. The van der Waals surface area contributed by atoms with E-state index in [0.717, 1.165) is 35.2 Å². The van der Waals surface area contributed by atoms with Crippen LogP contribution in [0.5, 0.6) is 0 Å². The summed E-state index contributed by atoms with van der Waals surface area (Å²) >= 11 is 0. The van der Waals surface area contributed by atoms with Crippen LogP contribution in [0, 0.1) is 0 Å². The predicted molar refractivity (Wildman–Crippen MR) is 118 cm³/mol. The lowest BCUT2D eigenvalue weighted by molar-refractivity contribution is -0.138. The molecule has 0 bridgehead atoms. The molecule has 0 unspecified atom stereocenters. The number of carbonyl (C=O) groups is 3. The van der Waals surface area contributed by atoms with E-state index in [1.807, 2.05) is 28.8 Å². The highest BCUT2D eigenvalue weighted by Gasteiger charge is 2.25. The van der Waals surface area contributed by atoms with Crippen LogP contribution in [0.3, 0.4) is 0 Å². The second-order valence-corrected chi connectivity index (χ2v) is 7.55. The molecule has 2 aromatic heterocycles. The Morgan fingerprint density at radius 1 is 1.13 bits per heavy atom. The van der Waals surface area contributed by atoms with Crippen molar-refractivity contribution in [3.05, 3.63) is 71.0 Å². The van der Waals surface area contributed by atoms with Gasteiger partial charge in [-0.25, -0.2) is 0 Å². The molecule has 160 valence electrons. The van der Waals surface area contributed by atoms with Crippen LogP contribution >= 0.6 is 0 Å². The third kappa shape index (κ3) is 4.30. The van der Waals surface area contributed by atoms with Crippen LogP contribution in [0.1, 0.15) is 44.8 Å². The number of nitrogens with one attached hydrogen (secondary N) is 2. The van der Waals surface area contributed by atoms with Crippen LogP contribution in [0.15, 0.2) is 48.7 Å². The second-order valence-electron chi connectivity index (χ2n) is 7.55. The van der Waals surface area contributed by atoms with Crippen molar-refractivity contribution in [2.75, 3.05) is 25.5 Å². The van der Waals surface area contributed by atoms with E-state index in [1.54, 1.807) is 24.3 Å². The van der Waals surface area contributed by atoms with Gasteiger partial charge in [0.2, 0.25) is 0 Å². The lowest BCUT2D eigenvalue weighted by atomic mass is 9.92. The molecule has 1 aliphatic carbocycles. The Kier molecular flexibility index (Phi) is 6.02. The number of carbonyl (C=O) groups excluding carboxylic acids is 3. The molecule has 31 heavy (non-hydrogen) atoms. The van der Waals surface area contributed by atoms with E-state index in [-0.39, 0.29) is 24.2 Å². The minimum atomic E-state index is -0.378. The highest BCUT2D eigenvalue weighted by Crippen LogP contribution is 2.30. The Morgan fingerprint density at radius 3 is 2.84 bits per heavy atom. The van der Waals surface area contributed by atoms with Crippen LogP contribution in [0.4, 0.5) is 5.69 Å². The van der Waals surface area contributed by atoms with E-state index < -0.39 is 0 Å². The number of ether oxygens (including phenoxy) is 1. The molecule has 3 aromatic rings. The van der Waals surface area contributed by atoms with E-state index in [2.05, 4.69) is 15.4 Å². The van der Waals surface area contributed by atoms with Gasteiger partial charge in [-0.05, 0) is 60.7 Å². The van der Waals surface area contributed by atoms with Crippen molar-refractivity contribution in [2.45, 2.75) is 25.7 Å². The number of esters is 1. The molecule has 0 radical (unpaired) electrons. The Bertz CT molecular complexity index is 1150. The van der Waals surface area contributed by atoms with Crippen molar-refractivity contribution >= 4 is 28.9 Å². The summed E-state index contributed by atoms with van der Waals surface area (Å²) < 4.78 is 6.60. The van der Waals surface area contributed by atoms with Gasteiger partial charge in [0, 0.05) is 35.9 Å². The van der Waals surface area contributed by atoms with Gasteiger partial charge in [0.05, 0.1) is 12.8 Å². The molecule has 1 aromatic carbocycles. The number of ketones is 1. The predicted octanol–water partition coefficient (Wildman–Crippen LogP) is 3.02. The number of benzene rings is 1. The lowest BCUT2D eigenvalue weighted by Gasteiger charge is -2.13. The molecule has 0 aliphatic heterocycles. The summed E-state index contributed by atoms with van der Waals surface area (Å²) in [6.45, 7) is 0.501. The van der Waals surface area contributed by atoms with Crippen molar-refractivity contribution in [2.24, 2.45) is 0 Å². The number of anilines is 1. The van der Waals surface area contributed by atoms with Crippen molar-refractivity contribution in [3.8, 4) is 0 Å². The number of amides is 1. The average molecular weight is 419 g/mol. The third-order valence-electron chi connectivity index (χ3n) is 5.60. The number of Topliss-reactive ketones (excluding diaryl/α,β-unsaturated/α-hetero) is 1. The van der Waals surface area contributed by atoms with Crippen molar-refractivity contribution in [3.63, 3.8) is 0 Å². The van der Waals surface area contributed by atoms with Crippen LogP contribution in [0.2, 0.25) is 0 Å². The van der Waals surface area contributed by atoms with Crippen LogP contribution in [-0.2, 0) is 22.4 Å². The van der Waals surface area contributed by atoms with Crippen molar-refractivity contribution < 1.29 is 19.1 Å². The van der Waals surface area contributed by atoms with E-state index in [1.165, 1.54) is 7.11 Å². The zero-order valence-corrected chi connectivity index (χ0v) is 17.4. The Hall–Kier alpha value is -3.61. The summed E-state index contributed by atoms with van der Waals surface area (Å²) in [5, 5.41) is 5.91. The molecular weight excluding hydrogens is 394 g/mol. The summed E-state index contributed by atoms with van der Waals surface area (Å²) in [4.78, 5) is 36.4. The Labute approximate surface area is 180 Å². The van der Waals surface area contributed by atoms with E-state index in [0.29, 0.717) is 30.6 Å². The number of methoxy groups -OCH3 is 1. The molecular formula is C24H25N3O4. The van der Waals surface area contributed by atoms with E-state index >= 15 is 0 Å². The fourth-order valence-electron chi connectivity index (χ4n) is 4.14. The standard InChI is InChI=1S/C24H25N3O4/c1-31-22(29)15-26-17-7-4-6-16(14-17)24(30)25-12-11-18-19-8-5-10-21(28)23(19)27-13-3-2-9-20(18)27/h2-4,6-7,9,13-14,26H,5,8,10-12,15H2,1H3,(H,25,30). The summed E-state index contributed by atoms with van der Waals surface area (Å²) in [6.07, 6.45) is 4.94. The van der Waals surface area contributed by atoms with Crippen LogP contribution in [0.25, 0.3) is 5.52 Å². The highest BCUT2D eigenvalue weighted by molar-refractivity contribution is 5.99. The molecule has 0 saturated carbocycles. The molecule has 7 nitrogen and oxygen atoms in total. The number of aromatic nitrogens is 1.